The smallest absolute Gasteiger partial charge is 0.278 e. The van der Waals surface area contributed by atoms with Gasteiger partial charge in [0.15, 0.2) is 10.8 Å². The molecule has 2 heterocycles. The highest BCUT2D eigenvalue weighted by Gasteiger charge is 2.19. The van der Waals surface area contributed by atoms with Crippen LogP contribution in [-0.4, -0.2) is 31.8 Å². The maximum absolute atomic E-state index is 12.5. The molecule has 0 fully saturated rings. The van der Waals surface area contributed by atoms with Gasteiger partial charge >= 0.3 is 0 Å². The first-order chi connectivity index (χ1) is 12.5. The molecule has 3 rings (SSSR count). The summed E-state index contributed by atoms with van der Waals surface area (Å²) in [5.74, 6) is -0.718. The number of carbonyl (C=O) groups excluding carboxylic acids is 2. The van der Waals surface area contributed by atoms with Crippen LogP contribution >= 0.6 is 22.9 Å². The van der Waals surface area contributed by atoms with Crippen molar-refractivity contribution in [1.29, 1.82) is 0 Å². The molecule has 0 atom stereocenters. The van der Waals surface area contributed by atoms with Crippen molar-refractivity contribution >= 4 is 45.6 Å². The van der Waals surface area contributed by atoms with Gasteiger partial charge < -0.3 is 10.6 Å². The lowest BCUT2D eigenvalue weighted by Gasteiger charge is -2.08. The summed E-state index contributed by atoms with van der Waals surface area (Å²) in [7, 11) is 0. The Hall–Kier alpha value is -2.78. The molecule has 8 nitrogen and oxygen atoms in total. The Morgan fingerprint density at radius 3 is 2.81 bits per heavy atom. The van der Waals surface area contributed by atoms with E-state index in [0.29, 0.717) is 21.5 Å². The number of carbonyl (C=O) groups is 2. The van der Waals surface area contributed by atoms with Gasteiger partial charge in [-0.15, -0.1) is 16.4 Å². The second kappa shape index (κ2) is 7.63. The fourth-order valence-electron chi connectivity index (χ4n) is 2.22. The number of nitrogens with zero attached hydrogens (tertiary/aromatic N) is 4. The van der Waals surface area contributed by atoms with Crippen LogP contribution in [0.4, 0.5) is 10.8 Å². The van der Waals surface area contributed by atoms with Gasteiger partial charge in [0.1, 0.15) is 6.54 Å². The summed E-state index contributed by atoms with van der Waals surface area (Å²) in [6.07, 6.45) is 1.60. The SMILES string of the molecule is Cc1c(Cl)cccc1NC(=O)c1nnn(CC(=O)Nc2nccs2)c1C. The van der Waals surface area contributed by atoms with Crippen molar-refractivity contribution in [3.8, 4) is 0 Å². The van der Waals surface area contributed by atoms with Crippen LogP contribution in [0.25, 0.3) is 0 Å². The molecule has 26 heavy (non-hydrogen) atoms. The van der Waals surface area contributed by atoms with Crippen LogP contribution in [0.15, 0.2) is 29.8 Å². The minimum Gasteiger partial charge on any atom is -0.320 e. The quantitative estimate of drug-likeness (QED) is 0.697. The molecule has 0 bridgehead atoms. The Morgan fingerprint density at radius 2 is 2.08 bits per heavy atom. The number of anilines is 2. The minimum absolute atomic E-state index is 0.0676. The number of hydrogen-bond acceptors (Lipinski definition) is 6. The number of halogens is 1. The number of rotatable bonds is 5. The lowest BCUT2D eigenvalue weighted by molar-refractivity contribution is -0.117. The van der Waals surface area contributed by atoms with E-state index in [9.17, 15) is 9.59 Å². The van der Waals surface area contributed by atoms with Crippen LogP contribution in [0.3, 0.4) is 0 Å². The molecule has 1 aromatic carbocycles. The molecule has 0 aliphatic carbocycles. The summed E-state index contributed by atoms with van der Waals surface area (Å²) in [4.78, 5) is 28.5. The average molecular weight is 391 g/mol. The summed E-state index contributed by atoms with van der Waals surface area (Å²) in [5, 5.41) is 16.0. The van der Waals surface area contributed by atoms with Gasteiger partial charge in [0.2, 0.25) is 5.91 Å². The predicted molar refractivity (Wildman–Crippen MR) is 99.6 cm³/mol. The Morgan fingerprint density at radius 1 is 1.27 bits per heavy atom. The molecule has 0 saturated carbocycles. The molecule has 10 heteroatoms. The standard InChI is InChI=1S/C16H15ClN6O2S/c1-9-11(17)4-3-5-12(9)19-15(25)14-10(2)23(22-21-14)8-13(24)20-16-18-6-7-26-16/h3-7H,8H2,1-2H3,(H,19,25)(H,18,20,24). The molecule has 2 N–H and O–H groups in total. The van der Waals surface area contributed by atoms with E-state index >= 15 is 0 Å². The normalized spacial score (nSPS) is 10.6. The summed E-state index contributed by atoms with van der Waals surface area (Å²) in [5.41, 5.74) is 1.98. The Balaban J connectivity index is 1.70. The van der Waals surface area contributed by atoms with Gasteiger partial charge in [-0.3, -0.25) is 9.59 Å². The van der Waals surface area contributed by atoms with Crippen molar-refractivity contribution in [2.75, 3.05) is 10.6 Å². The summed E-state index contributed by atoms with van der Waals surface area (Å²) in [6, 6.07) is 5.24. The van der Waals surface area contributed by atoms with Crippen LogP contribution in [0.5, 0.6) is 0 Å². The topological polar surface area (TPSA) is 102 Å². The van der Waals surface area contributed by atoms with E-state index in [4.69, 9.17) is 11.6 Å². The number of benzene rings is 1. The first-order valence-corrected chi connectivity index (χ1v) is 8.87. The van der Waals surface area contributed by atoms with Gasteiger partial charge in [0.25, 0.3) is 5.91 Å². The van der Waals surface area contributed by atoms with E-state index < -0.39 is 5.91 Å². The van der Waals surface area contributed by atoms with Crippen LogP contribution in [0, 0.1) is 13.8 Å². The molecule has 134 valence electrons. The van der Waals surface area contributed by atoms with E-state index in [0.717, 1.165) is 5.56 Å². The number of nitrogens with one attached hydrogen (secondary N) is 2. The minimum atomic E-state index is -0.417. The zero-order chi connectivity index (χ0) is 18.7. The number of thiazole rings is 1. The highest BCUT2D eigenvalue weighted by atomic mass is 35.5. The van der Waals surface area contributed by atoms with E-state index in [1.165, 1.54) is 16.0 Å². The van der Waals surface area contributed by atoms with Crippen molar-refractivity contribution in [2.45, 2.75) is 20.4 Å². The van der Waals surface area contributed by atoms with E-state index in [1.54, 1.807) is 36.7 Å². The van der Waals surface area contributed by atoms with Crippen molar-refractivity contribution < 1.29 is 9.59 Å². The lowest BCUT2D eigenvalue weighted by atomic mass is 10.2. The molecule has 0 unspecified atom stereocenters. The second-order valence-corrected chi connectivity index (χ2v) is 6.73. The zero-order valence-electron chi connectivity index (χ0n) is 14.0. The molecule has 0 aliphatic rings. The summed E-state index contributed by atoms with van der Waals surface area (Å²) >= 11 is 7.38. The third-order valence-corrected chi connectivity index (χ3v) is 4.78. The van der Waals surface area contributed by atoms with Gasteiger partial charge in [-0.2, -0.15) is 0 Å². The van der Waals surface area contributed by atoms with Gasteiger partial charge in [-0.25, -0.2) is 9.67 Å². The van der Waals surface area contributed by atoms with Gasteiger partial charge in [-0.05, 0) is 31.5 Å². The summed E-state index contributed by atoms with van der Waals surface area (Å²) < 4.78 is 1.36. The Kier molecular flexibility index (Phi) is 5.29. The molecule has 2 aromatic heterocycles. The van der Waals surface area contributed by atoms with E-state index in [1.807, 2.05) is 6.92 Å². The van der Waals surface area contributed by atoms with Crippen LogP contribution in [-0.2, 0) is 11.3 Å². The van der Waals surface area contributed by atoms with Crippen molar-refractivity contribution in [2.24, 2.45) is 0 Å². The monoisotopic (exact) mass is 390 g/mol. The first kappa shape index (κ1) is 18.0. The summed E-state index contributed by atoms with van der Waals surface area (Å²) in [6.45, 7) is 3.42. The van der Waals surface area contributed by atoms with Crippen LogP contribution < -0.4 is 10.6 Å². The fourth-order valence-corrected chi connectivity index (χ4v) is 2.94. The Labute approximate surface area is 158 Å². The maximum atomic E-state index is 12.5. The van der Waals surface area contributed by atoms with Gasteiger partial charge in [0.05, 0.1) is 5.69 Å². The van der Waals surface area contributed by atoms with Crippen molar-refractivity contribution in [3.63, 3.8) is 0 Å². The van der Waals surface area contributed by atoms with Crippen LogP contribution in [0.1, 0.15) is 21.7 Å². The van der Waals surface area contributed by atoms with Crippen molar-refractivity contribution in [3.05, 3.63) is 51.7 Å². The van der Waals surface area contributed by atoms with Gasteiger partial charge in [0, 0.05) is 22.3 Å². The number of hydrogen-bond donors (Lipinski definition) is 2. The second-order valence-electron chi connectivity index (χ2n) is 5.43. The average Bonchev–Trinajstić information content (AvgIpc) is 3.22. The molecule has 2 amide bonds. The molecule has 0 saturated heterocycles. The number of amides is 2. The predicted octanol–water partition coefficient (Wildman–Crippen LogP) is 2.90. The molecular formula is C16H15ClN6O2S. The van der Waals surface area contributed by atoms with Crippen LogP contribution in [0.2, 0.25) is 5.02 Å². The Bertz CT molecular complexity index is 954. The maximum Gasteiger partial charge on any atom is 0.278 e. The fraction of sp³-hybridized carbons (Fsp3) is 0.188. The van der Waals surface area contributed by atoms with Gasteiger partial charge in [-0.1, -0.05) is 22.9 Å². The zero-order valence-corrected chi connectivity index (χ0v) is 15.6. The van der Waals surface area contributed by atoms with E-state index in [-0.39, 0.29) is 18.1 Å². The highest BCUT2D eigenvalue weighted by molar-refractivity contribution is 7.13. The first-order valence-electron chi connectivity index (χ1n) is 7.61. The van der Waals surface area contributed by atoms with E-state index in [2.05, 4.69) is 25.9 Å². The third kappa shape index (κ3) is 3.89. The third-order valence-electron chi connectivity index (χ3n) is 3.69. The molecule has 0 spiro atoms. The van der Waals surface area contributed by atoms with Crippen molar-refractivity contribution in [1.82, 2.24) is 20.0 Å². The molecule has 0 radical (unpaired) electrons. The molecular weight excluding hydrogens is 376 g/mol. The largest absolute Gasteiger partial charge is 0.320 e. The number of aromatic nitrogens is 4. The highest BCUT2D eigenvalue weighted by Crippen LogP contribution is 2.23. The molecule has 0 aliphatic heterocycles. The molecule has 3 aromatic rings. The lowest BCUT2D eigenvalue weighted by Crippen LogP contribution is -2.21.